The Kier molecular flexibility index (Phi) is 3.66. The van der Waals surface area contributed by atoms with Gasteiger partial charge in [-0.1, -0.05) is 18.2 Å². The number of carbonyl (C=O) groups excluding carboxylic acids is 1. The molecule has 106 valence electrons. The van der Waals surface area contributed by atoms with Gasteiger partial charge in [-0.3, -0.25) is 4.79 Å². The lowest BCUT2D eigenvalue weighted by molar-refractivity contribution is 0.0784. The van der Waals surface area contributed by atoms with Gasteiger partial charge in [-0.2, -0.15) is 0 Å². The average molecular weight is 300 g/mol. The van der Waals surface area contributed by atoms with Crippen molar-refractivity contribution in [3.05, 3.63) is 64.9 Å². The third kappa shape index (κ3) is 2.92. The minimum absolute atomic E-state index is 0.214. The molecule has 5 heteroatoms. The van der Waals surface area contributed by atoms with Crippen LogP contribution in [0.1, 0.15) is 15.4 Å². The number of fused-ring (bicyclic) bond motifs is 1. The van der Waals surface area contributed by atoms with Crippen LogP contribution in [0.15, 0.2) is 48.5 Å². The summed E-state index contributed by atoms with van der Waals surface area (Å²) < 4.78 is 14.3. The van der Waals surface area contributed by atoms with Crippen LogP contribution in [0.4, 0.5) is 4.39 Å². The Morgan fingerprint density at radius 2 is 2.05 bits per heavy atom. The third-order valence-corrected chi connectivity index (χ3v) is 4.15. The molecule has 0 atom stereocenters. The van der Waals surface area contributed by atoms with E-state index >= 15 is 0 Å². The van der Waals surface area contributed by atoms with Gasteiger partial charge in [-0.05, 0) is 30.3 Å². The largest absolute Gasteiger partial charge is 0.335 e. The van der Waals surface area contributed by atoms with Gasteiger partial charge in [0.1, 0.15) is 10.8 Å². The molecule has 3 nitrogen and oxygen atoms in total. The minimum Gasteiger partial charge on any atom is -0.335 e. The molecule has 0 saturated carbocycles. The van der Waals surface area contributed by atoms with E-state index < -0.39 is 5.82 Å². The van der Waals surface area contributed by atoms with Crippen molar-refractivity contribution in [1.82, 2.24) is 9.88 Å². The van der Waals surface area contributed by atoms with Crippen LogP contribution in [-0.4, -0.2) is 22.8 Å². The van der Waals surface area contributed by atoms with Gasteiger partial charge >= 0.3 is 0 Å². The lowest BCUT2D eigenvalue weighted by Gasteiger charge is -2.15. The van der Waals surface area contributed by atoms with E-state index in [-0.39, 0.29) is 5.91 Å². The van der Waals surface area contributed by atoms with Crippen LogP contribution in [0.3, 0.4) is 0 Å². The average Bonchev–Trinajstić information content (AvgIpc) is 2.88. The van der Waals surface area contributed by atoms with Crippen molar-refractivity contribution in [3.8, 4) is 0 Å². The second-order valence-corrected chi connectivity index (χ2v) is 5.86. The van der Waals surface area contributed by atoms with E-state index in [1.54, 1.807) is 29.4 Å². The second kappa shape index (κ2) is 5.61. The zero-order valence-corrected chi connectivity index (χ0v) is 12.2. The van der Waals surface area contributed by atoms with E-state index in [1.165, 1.54) is 18.2 Å². The SMILES string of the molecule is CN(Cc1nc2ccccc2s1)C(=O)c1cccc(F)c1. The van der Waals surface area contributed by atoms with Gasteiger partial charge < -0.3 is 4.90 Å². The second-order valence-electron chi connectivity index (χ2n) is 4.75. The zero-order valence-electron chi connectivity index (χ0n) is 11.4. The van der Waals surface area contributed by atoms with Crippen LogP contribution in [0.2, 0.25) is 0 Å². The highest BCUT2D eigenvalue weighted by atomic mass is 32.1. The number of nitrogens with zero attached hydrogens (tertiary/aromatic N) is 2. The first-order chi connectivity index (χ1) is 10.1. The fourth-order valence-electron chi connectivity index (χ4n) is 2.10. The Balaban J connectivity index is 1.79. The molecular formula is C16H13FN2OS. The first-order valence-electron chi connectivity index (χ1n) is 6.49. The summed E-state index contributed by atoms with van der Waals surface area (Å²) in [6.45, 7) is 0.411. The van der Waals surface area contributed by atoms with Gasteiger partial charge in [-0.15, -0.1) is 11.3 Å². The maximum absolute atomic E-state index is 13.2. The monoisotopic (exact) mass is 300 g/mol. The maximum atomic E-state index is 13.2. The van der Waals surface area contributed by atoms with Crippen molar-refractivity contribution >= 4 is 27.5 Å². The summed E-state index contributed by atoms with van der Waals surface area (Å²) >= 11 is 1.56. The Labute approximate surface area is 125 Å². The van der Waals surface area contributed by atoms with Crippen molar-refractivity contribution in [1.29, 1.82) is 0 Å². The van der Waals surface area contributed by atoms with Crippen molar-refractivity contribution in [2.75, 3.05) is 7.05 Å². The van der Waals surface area contributed by atoms with Crippen molar-refractivity contribution in [3.63, 3.8) is 0 Å². The summed E-state index contributed by atoms with van der Waals surface area (Å²) in [6, 6.07) is 13.6. The molecule has 3 aromatic rings. The molecule has 3 rings (SSSR count). The maximum Gasteiger partial charge on any atom is 0.254 e. The molecule has 21 heavy (non-hydrogen) atoms. The fourth-order valence-corrected chi connectivity index (χ4v) is 3.13. The number of amides is 1. The van der Waals surface area contributed by atoms with Crippen molar-refractivity contribution < 1.29 is 9.18 Å². The quantitative estimate of drug-likeness (QED) is 0.739. The number of benzene rings is 2. The molecule has 0 fully saturated rings. The minimum atomic E-state index is -0.408. The zero-order chi connectivity index (χ0) is 14.8. The van der Waals surface area contributed by atoms with Gasteiger partial charge in [0.25, 0.3) is 5.91 Å². The van der Waals surface area contributed by atoms with E-state index in [9.17, 15) is 9.18 Å². The molecule has 1 heterocycles. The number of hydrogen-bond acceptors (Lipinski definition) is 3. The molecule has 2 aromatic carbocycles. The number of thiazole rings is 1. The highest BCUT2D eigenvalue weighted by Gasteiger charge is 2.14. The fraction of sp³-hybridized carbons (Fsp3) is 0.125. The third-order valence-electron chi connectivity index (χ3n) is 3.13. The number of rotatable bonds is 3. The summed E-state index contributed by atoms with van der Waals surface area (Å²) in [5.41, 5.74) is 1.28. The number of aromatic nitrogens is 1. The van der Waals surface area contributed by atoms with Gasteiger partial charge in [0.05, 0.1) is 16.8 Å². The van der Waals surface area contributed by atoms with E-state index in [0.717, 1.165) is 15.2 Å². The predicted molar refractivity (Wildman–Crippen MR) is 81.8 cm³/mol. The van der Waals surface area contributed by atoms with Gasteiger partial charge in [-0.25, -0.2) is 9.37 Å². The molecule has 1 amide bonds. The van der Waals surface area contributed by atoms with E-state index in [0.29, 0.717) is 12.1 Å². The molecular weight excluding hydrogens is 287 g/mol. The Hall–Kier alpha value is -2.27. The predicted octanol–water partition coefficient (Wildman–Crippen LogP) is 3.71. The Bertz CT molecular complexity index is 767. The number of halogens is 1. The summed E-state index contributed by atoms with van der Waals surface area (Å²) in [5.74, 6) is -0.622. The van der Waals surface area contributed by atoms with Crippen LogP contribution in [-0.2, 0) is 6.54 Å². The topological polar surface area (TPSA) is 33.2 Å². The van der Waals surface area contributed by atoms with E-state index in [1.807, 2.05) is 24.3 Å². The van der Waals surface area contributed by atoms with Crippen LogP contribution in [0.25, 0.3) is 10.2 Å². The summed E-state index contributed by atoms with van der Waals surface area (Å²) in [4.78, 5) is 18.3. The van der Waals surface area contributed by atoms with Crippen molar-refractivity contribution in [2.45, 2.75) is 6.54 Å². The van der Waals surface area contributed by atoms with E-state index in [2.05, 4.69) is 4.98 Å². The number of para-hydroxylation sites is 1. The lowest BCUT2D eigenvalue weighted by atomic mass is 10.2. The molecule has 0 saturated heterocycles. The number of carbonyl (C=O) groups is 1. The van der Waals surface area contributed by atoms with Gasteiger partial charge in [0, 0.05) is 12.6 Å². The summed E-state index contributed by atoms with van der Waals surface area (Å²) in [7, 11) is 1.69. The van der Waals surface area contributed by atoms with Crippen LogP contribution < -0.4 is 0 Å². The standard InChI is InChI=1S/C16H13FN2OS/c1-19(16(20)11-5-4-6-12(17)9-11)10-15-18-13-7-2-3-8-14(13)21-15/h2-9H,10H2,1H3. The highest BCUT2D eigenvalue weighted by Crippen LogP contribution is 2.22. The molecule has 0 N–H and O–H groups in total. The molecule has 0 aliphatic heterocycles. The normalized spacial score (nSPS) is 10.8. The molecule has 0 spiro atoms. The van der Waals surface area contributed by atoms with E-state index in [4.69, 9.17) is 0 Å². The molecule has 0 radical (unpaired) electrons. The summed E-state index contributed by atoms with van der Waals surface area (Å²) in [6.07, 6.45) is 0. The first kappa shape index (κ1) is 13.7. The number of hydrogen-bond donors (Lipinski definition) is 0. The molecule has 0 aliphatic rings. The van der Waals surface area contributed by atoms with Crippen molar-refractivity contribution in [2.24, 2.45) is 0 Å². The molecule has 0 bridgehead atoms. The van der Waals surface area contributed by atoms with Crippen LogP contribution in [0.5, 0.6) is 0 Å². The van der Waals surface area contributed by atoms with Gasteiger partial charge in [0.15, 0.2) is 0 Å². The smallest absolute Gasteiger partial charge is 0.254 e. The molecule has 0 aliphatic carbocycles. The lowest BCUT2D eigenvalue weighted by Crippen LogP contribution is -2.26. The highest BCUT2D eigenvalue weighted by molar-refractivity contribution is 7.18. The van der Waals surface area contributed by atoms with Crippen LogP contribution in [0, 0.1) is 5.82 Å². The summed E-state index contributed by atoms with van der Waals surface area (Å²) in [5, 5.41) is 0.864. The Morgan fingerprint density at radius 1 is 1.24 bits per heavy atom. The van der Waals surface area contributed by atoms with Gasteiger partial charge in [0.2, 0.25) is 0 Å². The van der Waals surface area contributed by atoms with Crippen LogP contribution >= 0.6 is 11.3 Å². The molecule has 1 aromatic heterocycles. The molecule has 0 unspecified atom stereocenters. The Morgan fingerprint density at radius 3 is 2.81 bits per heavy atom. The first-order valence-corrected chi connectivity index (χ1v) is 7.30.